The lowest BCUT2D eigenvalue weighted by molar-refractivity contribution is 0.0955. The standard InChI is InChI=1S/C19H21N3O2/c1-15-13-18(22-9-11-24-12-10-22)8-7-17(15)14-20-21-19(23)16-5-3-2-4-6-16/h2-8,13-14H,9-12H2,1H3,(H,21,23)/b20-14-. The molecule has 1 heterocycles. The fraction of sp³-hybridized carbons (Fsp3) is 0.263. The molecule has 3 rings (SSSR count). The SMILES string of the molecule is Cc1cc(N2CCOCC2)ccc1/C=N\NC(=O)c1ccccc1. The minimum Gasteiger partial charge on any atom is -0.378 e. The lowest BCUT2D eigenvalue weighted by Crippen LogP contribution is -2.36. The van der Waals surface area contributed by atoms with Crippen LogP contribution in [0.1, 0.15) is 21.5 Å². The van der Waals surface area contributed by atoms with E-state index >= 15 is 0 Å². The number of morpholine rings is 1. The Morgan fingerprint density at radius 1 is 1.17 bits per heavy atom. The number of hydrogen-bond donors (Lipinski definition) is 1. The number of benzene rings is 2. The van der Waals surface area contributed by atoms with Crippen LogP contribution in [0.5, 0.6) is 0 Å². The predicted octanol–water partition coefficient (Wildman–Crippen LogP) is 2.60. The Hall–Kier alpha value is -2.66. The number of nitrogens with one attached hydrogen (secondary N) is 1. The molecule has 0 atom stereocenters. The maximum absolute atomic E-state index is 11.9. The summed E-state index contributed by atoms with van der Waals surface area (Å²) in [6, 6.07) is 15.3. The predicted molar refractivity (Wildman–Crippen MR) is 95.7 cm³/mol. The number of hydrazone groups is 1. The number of carbonyl (C=O) groups excluding carboxylic acids is 1. The molecule has 1 N–H and O–H groups in total. The first-order valence-corrected chi connectivity index (χ1v) is 8.06. The van der Waals surface area contributed by atoms with E-state index in [4.69, 9.17) is 4.74 Å². The number of nitrogens with zero attached hydrogens (tertiary/aromatic N) is 2. The van der Waals surface area contributed by atoms with Gasteiger partial charge in [-0.2, -0.15) is 5.10 Å². The molecule has 0 saturated carbocycles. The van der Waals surface area contributed by atoms with Crippen LogP contribution in [0.4, 0.5) is 5.69 Å². The molecule has 1 aliphatic rings. The highest BCUT2D eigenvalue weighted by Crippen LogP contribution is 2.19. The van der Waals surface area contributed by atoms with Crippen LogP contribution >= 0.6 is 0 Å². The summed E-state index contributed by atoms with van der Waals surface area (Å²) in [6.07, 6.45) is 1.68. The number of hydrogen-bond acceptors (Lipinski definition) is 4. The lowest BCUT2D eigenvalue weighted by atomic mass is 10.1. The van der Waals surface area contributed by atoms with Gasteiger partial charge in [-0.05, 0) is 42.3 Å². The average molecular weight is 323 g/mol. The van der Waals surface area contributed by atoms with Crippen LogP contribution in [0.15, 0.2) is 53.6 Å². The first kappa shape index (κ1) is 16.2. The average Bonchev–Trinajstić information content (AvgIpc) is 2.64. The summed E-state index contributed by atoms with van der Waals surface area (Å²) in [4.78, 5) is 14.3. The van der Waals surface area contributed by atoms with Crippen LogP contribution in [0.25, 0.3) is 0 Å². The van der Waals surface area contributed by atoms with Crippen LogP contribution in [0.3, 0.4) is 0 Å². The van der Waals surface area contributed by atoms with Gasteiger partial charge < -0.3 is 9.64 Å². The van der Waals surface area contributed by atoms with E-state index in [-0.39, 0.29) is 5.91 Å². The largest absolute Gasteiger partial charge is 0.378 e. The van der Waals surface area contributed by atoms with E-state index in [1.54, 1.807) is 18.3 Å². The first-order valence-electron chi connectivity index (χ1n) is 8.06. The Bertz CT molecular complexity index is 723. The summed E-state index contributed by atoms with van der Waals surface area (Å²) in [7, 11) is 0. The second-order valence-corrected chi connectivity index (χ2v) is 5.71. The summed E-state index contributed by atoms with van der Waals surface area (Å²) in [5.74, 6) is -0.213. The van der Waals surface area contributed by atoms with Crippen molar-refractivity contribution in [1.82, 2.24) is 5.43 Å². The van der Waals surface area contributed by atoms with Crippen LogP contribution in [-0.4, -0.2) is 38.4 Å². The molecule has 5 heteroatoms. The molecule has 1 aliphatic heterocycles. The Morgan fingerprint density at radius 2 is 1.92 bits per heavy atom. The van der Waals surface area contributed by atoms with Gasteiger partial charge in [0.1, 0.15) is 0 Å². The molecule has 24 heavy (non-hydrogen) atoms. The number of rotatable bonds is 4. The second-order valence-electron chi connectivity index (χ2n) is 5.71. The zero-order chi connectivity index (χ0) is 16.8. The maximum atomic E-state index is 11.9. The molecule has 0 spiro atoms. The second kappa shape index (κ2) is 7.75. The van der Waals surface area contributed by atoms with Crippen molar-refractivity contribution in [2.75, 3.05) is 31.2 Å². The van der Waals surface area contributed by atoms with E-state index in [9.17, 15) is 4.79 Å². The van der Waals surface area contributed by atoms with Crippen molar-refractivity contribution in [3.05, 3.63) is 65.2 Å². The van der Waals surface area contributed by atoms with Gasteiger partial charge >= 0.3 is 0 Å². The highest BCUT2D eigenvalue weighted by atomic mass is 16.5. The summed E-state index contributed by atoms with van der Waals surface area (Å²) in [5.41, 5.74) is 6.45. The van der Waals surface area contributed by atoms with Gasteiger partial charge in [-0.15, -0.1) is 0 Å². The number of aryl methyl sites for hydroxylation is 1. The molecule has 2 aromatic rings. The van der Waals surface area contributed by atoms with E-state index < -0.39 is 0 Å². The number of amides is 1. The molecule has 1 amide bonds. The van der Waals surface area contributed by atoms with Gasteiger partial charge in [0, 0.05) is 24.3 Å². The van der Waals surface area contributed by atoms with Crippen molar-refractivity contribution < 1.29 is 9.53 Å². The van der Waals surface area contributed by atoms with E-state index in [0.29, 0.717) is 5.56 Å². The molecule has 0 bridgehead atoms. The number of carbonyl (C=O) groups is 1. The summed E-state index contributed by atoms with van der Waals surface area (Å²) in [5, 5.41) is 4.06. The Labute approximate surface area is 141 Å². The minimum absolute atomic E-state index is 0.213. The van der Waals surface area contributed by atoms with Crippen LogP contribution < -0.4 is 10.3 Å². The van der Waals surface area contributed by atoms with Crippen LogP contribution in [-0.2, 0) is 4.74 Å². The highest BCUT2D eigenvalue weighted by Gasteiger charge is 2.11. The molecule has 0 aliphatic carbocycles. The first-order chi connectivity index (χ1) is 11.7. The van der Waals surface area contributed by atoms with E-state index in [1.165, 1.54) is 5.69 Å². The van der Waals surface area contributed by atoms with Gasteiger partial charge in [-0.3, -0.25) is 4.79 Å². The third kappa shape index (κ3) is 4.00. The van der Waals surface area contributed by atoms with Crippen molar-refractivity contribution in [2.45, 2.75) is 6.92 Å². The van der Waals surface area contributed by atoms with Crippen molar-refractivity contribution in [3.8, 4) is 0 Å². The van der Waals surface area contributed by atoms with Gasteiger partial charge in [0.2, 0.25) is 0 Å². The molecule has 5 nitrogen and oxygen atoms in total. The summed E-state index contributed by atoms with van der Waals surface area (Å²) in [6.45, 7) is 5.42. The third-order valence-corrected chi connectivity index (χ3v) is 4.04. The Kier molecular flexibility index (Phi) is 5.23. The zero-order valence-electron chi connectivity index (χ0n) is 13.7. The molecule has 1 saturated heterocycles. The van der Waals surface area contributed by atoms with E-state index in [2.05, 4.69) is 27.6 Å². The Morgan fingerprint density at radius 3 is 2.62 bits per heavy atom. The van der Waals surface area contributed by atoms with Gasteiger partial charge in [-0.25, -0.2) is 5.43 Å². The molecule has 0 radical (unpaired) electrons. The summed E-state index contributed by atoms with van der Waals surface area (Å²) >= 11 is 0. The zero-order valence-corrected chi connectivity index (χ0v) is 13.7. The molecule has 0 unspecified atom stereocenters. The normalized spacial score (nSPS) is 14.8. The van der Waals surface area contributed by atoms with E-state index in [1.807, 2.05) is 31.2 Å². The quantitative estimate of drug-likeness (QED) is 0.695. The highest BCUT2D eigenvalue weighted by molar-refractivity contribution is 5.95. The molecule has 0 aromatic heterocycles. The van der Waals surface area contributed by atoms with Crippen molar-refractivity contribution >= 4 is 17.8 Å². The molecule has 2 aromatic carbocycles. The lowest BCUT2D eigenvalue weighted by Gasteiger charge is -2.29. The van der Waals surface area contributed by atoms with Crippen LogP contribution in [0.2, 0.25) is 0 Å². The van der Waals surface area contributed by atoms with Gasteiger partial charge in [0.25, 0.3) is 5.91 Å². The fourth-order valence-electron chi connectivity index (χ4n) is 2.64. The van der Waals surface area contributed by atoms with Crippen molar-refractivity contribution in [2.24, 2.45) is 5.10 Å². The molecule has 1 fully saturated rings. The summed E-state index contributed by atoms with van der Waals surface area (Å²) < 4.78 is 5.38. The molecular weight excluding hydrogens is 302 g/mol. The van der Waals surface area contributed by atoms with Crippen molar-refractivity contribution in [3.63, 3.8) is 0 Å². The van der Waals surface area contributed by atoms with E-state index in [0.717, 1.165) is 37.4 Å². The number of ether oxygens (including phenoxy) is 1. The van der Waals surface area contributed by atoms with Gasteiger partial charge in [0.15, 0.2) is 0 Å². The van der Waals surface area contributed by atoms with Gasteiger partial charge in [-0.1, -0.05) is 24.3 Å². The third-order valence-electron chi connectivity index (χ3n) is 4.04. The van der Waals surface area contributed by atoms with Crippen molar-refractivity contribution in [1.29, 1.82) is 0 Å². The maximum Gasteiger partial charge on any atom is 0.271 e. The Balaban J connectivity index is 1.63. The fourth-order valence-corrected chi connectivity index (χ4v) is 2.64. The van der Waals surface area contributed by atoms with Crippen LogP contribution in [0, 0.1) is 6.92 Å². The topological polar surface area (TPSA) is 53.9 Å². The molecule has 124 valence electrons. The molecular formula is C19H21N3O2. The minimum atomic E-state index is -0.213. The monoisotopic (exact) mass is 323 g/mol. The smallest absolute Gasteiger partial charge is 0.271 e. The van der Waals surface area contributed by atoms with Gasteiger partial charge in [0.05, 0.1) is 19.4 Å². The number of anilines is 1.